The van der Waals surface area contributed by atoms with Crippen molar-refractivity contribution in [2.75, 3.05) is 6.61 Å². The van der Waals surface area contributed by atoms with Crippen molar-refractivity contribution in [1.82, 2.24) is 9.88 Å². The summed E-state index contributed by atoms with van der Waals surface area (Å²) in [6.07, 6.45) is 3.49. The topological polar surface area (TPSA) is 43.3 Å². The van der Waals surface area contributed by atoms with Gasteiger partial charge in [-0.1, -0.05) is 55.1 Å². The second-order valence-electron chi connectivity index (χ2n) is 6.32. The zero-order chi connectivity index (χ0) is 19.2. The molecule has 3 rings (SSSR count). The van der Waals surface area contributed by atoms with E-state index in [-0.39, 0.29) is 11.9 Å². The van der Waals surface area contributed by atoms with Gasteiger partial charge >= 0.3 is 0 Å². The standard InChI is InChI=1S/C23H24N2O2/c1-4-14-25-20-12-9-13-22(27-15-5-2)19(20)16-21(25)23(26)24-17(3)18-10-7-6-8-11-18/h4-13,16-17H,1-2,14-15H2,3H3,(H,24,26). The van der Waals surface area contributed by atoms with Gasteiger partial charge in [-0.15, -0.1) is 6.58 Å². The van der Waals surface area contributed by atoms with Gasteiger partial charge in [0.1, 0.15) is 18.1 Å². The molecule has 2 aromatic carbocycles. The quantitative estimate of drug-likeness (QED) is 0.582. The summed E-state index contributed by atoms with van der Waals surface area (Å²) in [6.45, 7) is 10.4. The molecule has 3 aromatic rings. The molecule has 1 aromatic heterocycles. The number of fused-ring (bicyclic) bond motifs is 1. The van der Waals surface area contributed by atoms with E-state index in [1.165, 1.54) is 0 Å². The summed E-state index contributed by atoms with van der Waals surface area (Å²) in [5, 5.41) is 3.99. The van der Waals surface area contributed by atoms with Crippen LogP contribution in [-0.4, -0.2) is 17.1 Å². The second kappa shape index (κ2) is 8.41. The predicted molar refractivity (Wildman–Crippen MR) is 110 cm³/mol. The van der Waals surface area contributed by atoms with Crippen LogP contribution in [0.1, 0.15) is 29.0 Å². The van der Waals surface area contributed by atoms with Crippen molar-refractivity contribution in [2.24, 2.45) is 0 Å². The van der Waals surface area contributed by atoms with Gasteiger partial charge in [0.15, 0.2) is 0 Å². The third-order valence-corrected chi connectivity index (χ3v) is 4.45. The van der Waals surface area contributed by atoms with E-state index in [0.29, 0.717) is 18.8 Å². The maximum absolute atomic E-state index is 13.0. The SMILES string of the molecule is C=CCOc1cccc2c1cc(C(=O)NC(C)c1ccccc1)n2CC=C. The molecule has 0 aliphatic heterocycles. The van der Waals surface area contributed by atoms with Crippen LogP contribution in [0.25, 0.3) is 10.9 Å². The molecule has 138 valence electrons. The molecule has 4 heteroatoms. The average Bonchev–Trinajstić information content (AvgIpc) is 3.06. The lowest BCUT2D eigenvalue weighted by Gasteiger charge is -2.15. The summed E-state index contributed by atoms with van der Waals surface area (Å²) in [4.78, 5) is 13.0. The van der Waals surface area contributed by atoms with Crippen molar-refractivity contribution >= 4 is 16.8 Å². The molecule has 1 heterocycles. The molecule has 0 bridgehead atoms. The van der Waals surface area contributed by atoms with Crippen molar-refractivity contribution in [1.29, 1.82) is 0 Å². The van der Waals surface area contributed by atoms with Gasteiger partial charge < -0.3 is 14.6 Å². The number of carbonyl (C=O) groups excluding carboxylic acids is 1. The Morgan fingerprint density at radius 3 is 2.63 bits per heavy atom. The third kappa shape index (κ3) is 3.95. The number of amides is 1. The van der Waals surface area contributed by atoms with E-state index in [2.05, 4.69) is 18.5 Å². The van der Waals surface area contributed by atoms with Crippen LogP contribution in [0.3, 0.4) is 0 Å². The van der Waals surface area contributed by atoms with E-state index in [9.17, 15) is 4.79 Å². The van der Waals surface area contributed by atoms with Gasteiger partial charge in [-0.3, -0.25) is 4.79 Å². The number of nitrogens with one attached hydrogen (secondary N) is 1. The summed E-state index contributed by atoms with van der Waals surface area (Å²) in [5.41, 5.74) is 2.59. The fourth-order valence-corrected chi connectivity index (χ4v) is 3.14. The molecule has 1 unspecified atom stereocenters. The molecule has 0 aliphatic carbocycles. The number of rotatable bonds is 8. The Balaban J connectivity index is 1.96. The number of hydrogen-bond acceptors (Lipinski definition) is 2. The maximum atomic E-state index is 13.0. The summed E-state index contributed by atoms with van der Waals surface area (Å²) >= 11 is 0. The van der Waals surface area contributed by atoms with E-state index in [4.69, 9.17) is 4.74 Å². The first-order valence-corrected chi connectivity index (χ1v) is 8.98. The van der Waals surface area contributed by atoms with Crippen LogP contribution >= 0.6 is 0 Å². The van der Waals surface area contributed by atoms with Crippen molar-refractivity contribution in [3.63, 3.8) is 0 Å². The molecule has 0 aliphatic rings. The van der Waals surface area contributed by atoms with Crippen LogP contribution in [0.2, 0.25) is 0 Å². The molecule has 4 nitrogen and oxygen atoms in total. The number of hydrogen-bond donors (Lipinski definition) is 1. The van der Waals surface area contributed by atoms with Crippen molar-refractivity contribution < 1.29 is 9.53 Å². The molecule has 0 radical (unpaired) electrons. The highest BCUT2D eigenvalue weighted by atomic mass is 16.5. The number of benzene rings is 2. The Bertz CT molecular complexity index is 957. The smallest absolute Gasteiger partial charge is 0.268 e. The highest BCUT2D eigenvalue weighted by molar-refractivity contribution is 6.00. The van der Waals surface area contributed by atoms with Gasteiger partial charge in [0, 0.05) is 11.9 Å². The molecule has 0 saturated heterocycles. The molecular formula is C23H24N2O2. The maximum Gasteiger partial charge on any atom is 0.268 e. The number of ether oxygens (including phenoxy) is 1. The van der Waals surface area contributed by atoms with Gasteiger partial charge in [-0.25, -0.2) is 0 Å². The zero-order valence-electron chi connectivity index (χ0n) is 15.5. The predicted octanol–water partition coefficient (Wildman–Crippen LogP) is 4.88. The van der Waals surface area contributed by atoms with Gasteiger partial charge in [0.2, 0.25) is 0 Å². The number of allylic oxidation sites excluding steroid dienone is 1. The summed E-state index contributed by atoms with van der Waals surface area (Å²) in [5.74, 6) is 0.611. The second-order valence-corrected chi connectivity index (χ2v) is 6.32. The van der Waals surface area contributed by atoms with Crippen molar-refractivity contribution in [2.45, 2.75) is 19.5 Å². The van der Waals surface area contributed by atoms with Crippen LogP contribution in [0.15, 0.2) is 79.9 Å². The summed E-state index contributed by atoms with van der Waals surface area (Å²) in [6, 6.07) is 17.5. The average molecular weight is 360 g/mol. The summed E-state index contributed by atoms with van der Waals surface area (Å²) < 4.78 is 7.71. The highest BCUT2D eigenvalue weighted by Gasteiger charge is 2.19. The molecular weight excluding hydrogens is 336 g/mol. The largest absolute Gasteiger partial charge is 0.489 e. The van der Waals surface area contributed by atoms with Gasteiger partial charge in [0.05, 0.1) is 11.6 Å². The lowest BCUT2D eigenvalue weighted by atomic mass is 10.1. The van der Waals surface area contributed by atoms with E-state index >= 15 is 0 Å². The minimum Gasteiger partial charge on any atom is -0.489 e. The van der Waals surface area contributed by atoms with Gasteiger partial charge in [0.25, 0.3) is 5.91 Å². The molecule has 1 atom stereocenters. The first-order chi connectivity index (χ1) is 13.2. The Morgan fingerprint density at radius 2 is 1.93 bits per heavy atom. The van der Waals surface area contributed by atoms with E-state index in [0.717, 1.165) is 22.2 Å². The van der Waals surface area contributed by atoms with Crippen LogP contribution in [0, 0.1) is 0 Å². The molecule has 0 fully saturated rings. The number of nitrogens with zero attached hydrogens (tertiary/aromatic N) is 1. The van der Waals surface area contributed by atoms with Crippen molar-refractivity contribution in [3.05, 3.63) is 91.2 Å². The fourth-order valence-electron chi connectivity index (χ4n) is 3.14. The Morgan fingerprint density at radius 1 is 1.15 bits per heavy atom. The Hall–Kier alpha value is -3.27. The minimum absolute atomic E-state index is 0.0922. The fraction of sp³-hybridized carbons (Fsp3) is 0.174. The molecule has 1 N–H and O–H groups in total. The van der Waals surface area contributed by atoms with Gasteiger partial charge in [-0.05, 0) is 30.7 Å². The zero-order valence-corrected chi connectivity index (χ0v) is 15.5. The first-order valence-electron chi connectivity index (χ1n) is 8.98. The number of carbonyl (C=O) groups is 1. The van der Waals surface area contributed by atoms with E-state index in [1.54, 1.807) is 12.2 Å². The van der Waals surface area contributed by atoms with Crippen LogP contribution in [0.5, 0.6) is 5.75 Å². The van der Waals surface area contributed by atoms with Gasteiger partial charge in [-0.2, -0.15) is 0 Å². The number of aromatic nitrogens is 1. The van der Waals surface area contributed by atoms with Crippen molar-refractivity contribution in [3.8, 4) is 5.75 Å². The lowest BCUT2D eigenvalue weighted by Crippen LogP contribution is -2.28. The van der Waals surface area contributed by atoms with Crippen LogP contribution < -0.4 is 10.1 Å². The normalized spacial score (nSPS) is 11.7. The molecule has 0 saturated carbocycles. The minimum atomic E-state index is -0.126. The van der Waals surface area contributed by atoms with Crippen LogP contribution in [-0.2, 0) is 6.54 Å². The van der Waals surface area contributed by atoms with Crippen LogP contribution in [0.4, 0.5) is 0 Å². The summed E-state index contributed by atoms with van der Waals surface area (Å²) in [7, 11) is 0. The molecule has 27 heavy (non-hydrogen) atoms. The Kier molecular flexibility index (Phi) is 5.77. The first kappa shape index (κ1) is 18.5. The monoisotopic (exact) mass is 360 g/mol. The lowest BCUT2D eigenvalue weighted by molar-refractivity contribution is 0.0931. The molecule has 0 spiro atoms. The Labute approximate surface area is 159 Å². The highest BCUT2D eigenvalue weighted by Crippen LogP contribution is 2.29. The molecule has 1 amide bonds. The van der Waals surface area contributed by atoms with E-state index in [1.807, 2.05) is 66.1 Å². The third-order valence-electron chi connectivity index (χ3n) is 4.45. The van der Waals surface area contributed by atoms with E-state index < -0.39 is 0 Å².